The van der Waals surface area contributed by atoms with Crippen LogP contribution in [-0.4, -0.2) is 12.8 Å². The van der Waals surface area contributed by atoms with Crippen molar-refractivity contribution in [1.82, 2.24) is 0 Å². The first-order valence-electron chi connectivity index (χ1n) is 4.50. The van der Waals surface area contributed by atoms with Gasteiger partial charge in [-0.05, 0) is 12.5 Å². The summed E-state index contributed by atoms with van der Waals surface area (Å²) in [6, 6.07) is 9.78. The van der Waals surface area contributed by atoms with Gasteiger partial charge in [-0.25, -0.2) is 0 Å². The molecule has 1 atom stereocenters. The van der Waals surface area contributed by atoms with E-state index >= 15 is 0 Å². The Labute approximate surface area is 83.6 Å². The van der Waals surface area contributed by atoms with Crippen LogP contribution in [0.15, 0.2) is 30.3 Å². The van der Waals surface area contributed by atoms with Crippen LogP contribution < -0.4 is 0 Å². The lowest BCUT2D eigenvalue weighted by Gasteiger charge is -2.12. The average Bonchev–Trinajstić information content (AvgIpc) is 2.18. The molecule has 0 radical (unpaired) electrons. The lowest BCUT2D eigenvalue weighted by molar-refractivity contribution is -0.157. The molecule has 0 saturated carbocycles. The molecular weight excluding hydrogens is 180 g/mol. The molecule has 1 rings (SSSR count). The second-order valence-electron chi connectivity index (χ2n) is 2.97. The summed E-state index contributed by atoms with van der Waals surface area (Å²) in [5.41, 5.74) is 1.07. The lowest BCUT2D eigenvalue weighted by Crippen LogP contribution is -2.07. The molecular formula is C11H14O3. The largest absolute Gasteiger partial charge is 0.439 e. The van der Waals surface area contributed by atoms with E-state index in [1.807, 2.05) is 37.3 Å². The maximum absolute atomic E-state index is 10.5. The summed E-state index contributed by atoms with van der Waals surface area (Å²) in [6.45, 7) is 3.28. The van der Waals surface area contributed by atoms with Crippen LogP contribution in [0.2, 0.25) is 0 Å². The quantitative estimate of drug-likeness (QED) is 0.545. The van der Waals surface area contributed by atoms with Gasteiger partial charge in [0.25, 0.3) is 0 Å². The summed E-state index contributed by atoms with van der Waals surface area (Å²) in [5, 5.41) is 0. The van der Waals surface area contributed by atoms with E-state index in [9.17, 15) is 4.79 Å². The van der Waals surface area contributed by atoms with Gasteiger partial charge in [0.1, 0.15) is 0 Å². The molecule has 14 heavy (non-hydrogen) atoms. The van der Waals surface area contributed by atoms with Crippen LogP contribution >= 0.6 is 0 Å². The van der Waals surface area contributed by atoms with Gasteiger partial charge in [-0.1, -0.05) is 30.3 Å². The summed E-state index contributed by atoms with van der Waals surface area (Å²) in [6.07, 6.45) is -0.0597. The van der Waals surface area contributed by atoms with Crippen molar-refractivity contribution in [3.05, 3.63) is 35.9 Å². The van der Waals surface area contributed by atoms with Crippen molar-refractivity contribution in [1.29, 1.82) is 0 Å². The fourth-order valence-corrected chi connectivity index (χ4v) is 1.04. The summed E-state index contributed by atoms with van der Waals surface area (Å²) in [5.74, 6) is -0.328. The molecule has 0 N–H and O–H groups in total. The number of carbonyl (C=O) groups excluding carboxylic acids is 1. The fourth-order valence-electron chi connectivity index (χ4n) is 1.04. The molecule has 3 heteroatoms. The highest BCUT2D eigenvalue weighted by Crippen LogP contribution is 2.15. The molecule has 1 unspecified atom stereocenters. The van der Waals surface area contributed by atoms with Crippen LogP contribution in [0.5, 0.6) is 0 Å². The number of rotatable bonds is 4. The van der Waals surface area contributed by atoms with Crippen LogP contribution in [0, 0.1) is 0 Å². The highest BCUT2D eigenvalue weighted by Gasteiger charge is 2.04. The minimum atomic E-state index is -0.328. The average molecular weight is 194 g/mol. The van der Waals surface area contributed by atoms with E-state index in [-0.39, 0.29) is 18.9 Å². The number of hydrogen-bond acceptors (Lipinski definition) is 3. The Kier molecular flexibility index (Phi) is 4.13. The van der Waals surface area contributed by atoms with Gasteiger partial charge in [0.15, 0.2) is 6.79 Å². The van der Waals surface area contributed by atoms with Crippen LogP contribution in [0.3, 0.4) is 0 Å². The van der Waals surface area contributed by atoms with Crippen LogP contribution in [0.4, 0.5) is 0 Å². The highest BCUT2D eigenvalue weighted by molar-refractivity contribution is 5.65. The third-order valence-electron chi connectivity index (χ3n) is 1.85. The van der Waals surface area contributed by atoms with Gasteiger partial charge < -0.3 is 9.47 Å². The van der Waals surface area contributed by atoms with Crippen LogP contribution in [-0.2, 0) is 14.3 Å². The van der Waals surface area contributed by atoms with E-state index in [0.29, 0.717) is 0 Å². The minimum Gasteiger partial charge on any atom is -0.439 e. The van der Waals surface area contributed by atoms with Crippen molar-refractivity contribution < 1.29 is 14.3 Å². The van der Waals surface area contributed by atoms with Crippen molar-refractivity contribution in [3.8, 4) is 0 Å². The monoisotopic (exact) mass is 194 g/mol. The summed E-state index contributed by atoms with van der Waals surface area (Å²) in [4.78, 5) is 10.5. The Balaban J connectivity index is 2.36. The zero-order chi connectivity index (χ0) is 10.4. The molecule has 0 saturated heterocycles. The molecule has 0 heterocycles. The molecule has 0 aliphatic rings. The van der Waals surface area contributed by atoms with E-state index in [0.717, 1.165) is 5.56 Å². The number of ether oxygens (including phenoxy) is 2. The molecule has 1 aromatic carbocycles. The smallest absolute Gasteiger partial charge is 0.304 e. The van der Waals surface area contributed by atoms with E-state index in [1.165, 1.54) is 6.92 Å². The maximum Gasteiger partial charge on any atom is 0.304 e. The topological polar surface area (TPSA) is 35.5 Å². The molecule has 0 spiro atoms. The van der Waals surface area contributed by atoms with Crippen LogP contribution in [0.1, 0.15) is 25.5 Å². The molecule has 0 aliphatic heterocycles. The van der Waals surface area contributed by atoms with Gasteiger partial charge in [0.05, 0.1) is 6.10 Å². The lowest BCUT2D eigenvalue weighted by atomic mass is 10.1. The molecule has 76 valence electrons. The Morgan fingerprint density at radius 1 is 1.36 bits per heavy atom. The Hall–Kier alpha value is -1.35. The molecule has 0 amide bonds. The Morgan fingerprint density at radius 3 is 2.57 bits per heavy atom. The standard InChI is InChI=1S/C11H14O3/c1-9(13-8-14-10(2)12)11-6-4-3-5-7-11/h3-7,9H,8H2,1-2H3. The van der Waals surface area contributed by atoms with Gasteiger partial charge >= 0.3 is 5.97 Å². The number of benzene rings is 1. The highest BCUT2D eigenvalue weighted by atomic mass is 16.7. The van der Waals surface area contributed by atoms with E-state index in [1.54, 1.807) is 0 Å². The van der Waals surface area contributed by atoms with Crippen molar-refractivity contribution in [2.75, 3.05) is 6.79 Å². The third-order valence-corrected chi connectivity index (χ3v) is 1.85. The molecule has 0 bridgehead atoms. The Morgan fingerprint density at radius 2 is 2.00 bits per heavy atom. The van der Waals surface area contributed by atoms with Gasteiger partial charge in [-0.15, -0.1) is 0 Å². The van der Waals surface area contributed by atoms with Gasteiger partial charge in [-0.2, -0.15) is 0 Å². The number of carbonyl (C=O) groups is 1. The van der Waals surface area contributed by atoms with Crippen molar-refractivity contribution in [2.24, 2.45) is 0 Å². The summed E-state index contributed by atoms with van der Waals surface area (Å²) in [7, 11) is 0. The SMILES string of the molecule is CC(=O)OCOC(C)c1ccccc1. The first kappa shape index (κ1) is 10.7. The second-order valence-corrected chi connectivity index (χ2v) is 2.97. The van der Waals surface area contributed by atoms with Gasteiger partial charge in [-0.3, -0.25) is 4.79 Å². The van der Waals surface area contributed by atoms with E-state index in [4.69, 9.17) is 4.74 Å². The van der Waals surface area contributed by atoms with Crippen LogP contribution in [0.25, 0.3) is 0 Å². The second kappa shape index (κ2) is 5.40. The molecule has 3 nitrogen and oxygen atoms in total. The number of hydrogen-bond donors (Lipinski definition) is 0. The van der Waals surface area contributed by atoms with Gasteiger partial charge in [0, 0.05) is 6.92 Å². The first-order chi connectivity index (χ1) is 6.70. The molecule has 0 fully saturated rings. The number of esters is 1. The van der Waals surface area contributed by atoms with Crippen molar-refractivity contribution in [3.63, 3.8) is 0 Å². The minimum absolute atomic E-state index is 0.00535. The first-order valence-corrected chi connectivity index (χ1v) is 4.50. The van der Waals surface area contributed by atoms with E-state index in [2.05, 4.69) is 4.74 Å². The fraction of sp³-hybridized carbons (Fsp3) is 0.364. The predicted molar refractivity (Wildman–Crippen MR) is 52.6 cm³/mol. The zero-order valence-electron chi connectivity index (χ0n) is 8.40. The zero-order valence-corrected chi connectivity index (χ0v) is 8.40. The molecule has 0 aromatic heterocycles. The van der Waals surface area contributed by atoms with Gasteiger partial charge in [0.2, 0.25) is 0 Å². The Bertz CT molecular complexity index is 282. The summed E-state index contributed by atoms with van der Waals surface area (Å²) < 4.78 is 9.97. The molecule has 1 aromatic rings. The third kappa shape index (κ3) is 3.58. The molecule has 0 aliphatic carbocycles. The van der Waals surface area contributed by atoms with Crippen molar-refractivity contribution in [2.45, 2.75) is 20.0 Å². The predicted octanol–water partition coefficient (Wildman–Crippen LogP) is 2.28. The normalized spacial score (nSPS) is 12.1. The maximum atomic E-state index is 10.5. The van der Waals surface area contributed by atoms with E-state index < -0.39 is 0 Å². The summed E-state index contributed by atoms with van der Waals surface area (Å²) >= 11 is 0. The van der Waals surface area contributed by atoms with Crippen molar-refractivity contribution >= 4 is 5.97 Å².